The van der Waals surface area contributed by atoms with Gasteiger partial charge in [-0.25, -0.2) is 0 Å². The van der Waals surface area contributed by atoms with Crippen molar-refractivity contribution in [1.29, 1.82) is 0 Å². The van der Waals surface area contributed by atoms with Crippen LogP contribution in [0.4, 0.5) is 11.4 Å². The highest BCUT2D eigenvalue weighted by Crippen LogP contribution is 2.48. The first-order valence-electron chi connectivity index (χ1n) is 24.1. The molecule has 1 aromatic heterocycles. The number of rotatable bonds is 8. The van der Waals surface area contributed by atoms with Crippen molar-refractivity contribution in [2.24, 2.45) is 5.92 Å². The summed E-state index contributed by atoms with van der Waals surface area (Å²) in [6.07, 6.45) is 5.69. The Labute approximate surface area is 403 Å². The molecule has 0 bridgehead atoms. The predicted octanol–water partition coefficient (Wildman–Crippen LogP) is 18.4. The van der Waals surface area contributed by atoms with Gasteiger partial charge in [-0.3, -0.25) is 0 Å². The maximum Gasteiger partial charge on any atom is 0.0616 e. The van der Waals surface area contributed by atoms with Crippen LogP contribution in [0.5, 0.6) is 0 Å². The third kappa shape index (κ3) is 6.87. The van der Waals surface area contributed by atoms with Gasteiger partial charge < -0.3 is 9.47 Å². The lowest BCUT2D eigenvalue weighted by Crippen LogP contribution is -2.20. The van der Waals surface area contributed by atoms with E-state index in [1.54, 1.807) is 0 Å². The molecule has 1 unspecified atom stereocenters. The van der Waals surface area contributed by atoms with Crippen LogP contribution in [0.15, 0.2) is 261 Å². The number of anilines is 2. The van der Waals surface area contributed by atoms with E-state index < -0.39 is 0 Å². The molecule has 11 aromatic carbocycles. The molecular formula is C67H48N2. The van der Waals surface area contributed by atoms with Gasteiger partial charge in [-0.15, -0.1) is 0 Å². The standard InChI is InChI=1S/C67H48N2/c1-45-36-43-65(62(44-45)61-33-17-32-60-58-27-11-13-35-64(58)69(67(60)61)50-23-6-3-7-24-50)68(51-40-37-48(38-41-51)53-28-16-30-55-52-25-9-8-20-47(52)39-42-56(53)55)63-34-12-10-26-57(63)59-31-15-22-49-21-14-29-54(66(49)59)46-18-4-2-5-19-46/h2-43,45H,44H2,1H3. The van der Waals surface area contributed by atoms with E-state index in [0.29, 0.717) is 5.92 Å². The van der Waals surface area contributed by atoms with E-state index in [4.69, 9.17) is 0 Å². The van der Waals surface area contributed by atoms with Crippen LogP contribution in [0.25, 0.3) is 98.8 Å². The van der Waals surface area contributed by atoms with E-state index in [0.717, 1.165) is 23.5 Å². The van der Waals surface area contributed by atoms with E-state index in [1.807, 2.05) is 0 Å². The van der Waals surface area contributed by atoms with E-state index >= 15 is 0 Å². The Morgan fingerprint density at radius 3 is 1.83 bits per heavy atom. The Morgan fingerprint density at radius 1 is 0.406 bits per heavy atom. The van der Waals surface area contributed by atoms with Gasteiger partial charge in [0.15, 0.2) is 0 Å². The Balaban J connectivity index is 1.08. The summed E-state index contributed by atoms with van der Waals surface area (Å²) < 4.78 is 2.48. The normalized spacial score (nSPS) is 13.8. The molecule has 0 saturated heterocycles. The van der Waals surface area contributed by atoms with Gasteiger partial charge in [0, 0.05) is 39.0 Å². The molecule has 0 fully saturated rings. The first kappa shape index (κ1) is 40.5. The molecule has 1 heterocycles. The molecule has 0 radical (unpaired) electrons. The monoisotopic (exact) mass is 880 g/mol. The molecule has 0 amide bonds. The number of fused-ring (bicyclic) bond motifs is 7. The smallest absolute Gasteiger partial charge is 0.0616 e. The maximum atomic E-state index is 2.55. The molecule has 0 spiro atoms. The summed E-state index contributed by atoms with van der Waals surface area (Å²) in [5.74, 6) is 0.335. The number of allylic oxidation sites excluding steroid dienone is 3. The number of nitrogens with zero attached hydrogens (tertiary/aromatic N) is 2. The molecule has 1 aliphatic carbocycles. The zero-order valence-corrected chi connectivity index (χ0v) is 38.4. The van der Waals surface area contributed by atoms with E-state index in [-0.39, 0.29) is 0 Å². The van der Waals surface area contributed by atoms with Crippen LogP contribution in [0.3, 0.4) is 0 Å². The van der Waals surface area contributed by atoms with E-state index in [9.17, 15) is 0 Å². The largest absolute Gasteiger partial charge is 0.310 e. The Kier molecular flexibility index (Phi) is 9.91. The lowest BCUT2D eigenvalue weighted by Gasteiger charge is -2.34. The fourth-order valence-electron chi connectivity index (χ4n) is 11.2. The summed E-state index contributed by atoms with van der Waals surface area (Å²) in [5, 5.41) is 10.0. The number of para-hydroxylation sites is 4. The lowest BCUT2D eigenvalue weighted by atomic mass is 9.86. The summed E-state index contributed by atoms with van der Waals surface area (Å²) >= 11 is 0. The SMILES string of the molecule is CC1C=CC(N(c2ccc(-c3cccc4c3ccc3ccccc34)cc2)c2ccccc2-c2cccc3cccc(-c4ccccc4)c23)=C(c2cccc3c4ccccc4n(-c4ccccc4)c23)C1. The van der Waals surface area contributed by atoms with Gasteiger partial charge in [-0.1, -0.05) is 219 Å². The molecule has 0 aliphatic heterocycles. The number of hydrogen-bond acceptors (Lipinski definition) is 1. The van der Waals surface area contributed by atoms with Crippen LogP contribution in [0.1, 0.15) is 18.9 Å². The molecule has 1 atom stereocenters. The summed E-state index contributed by atoms with van der Waals surface area (Å²) in [6, 6.07) is 89.3. The van der Waals surface area contributed by atoms with Gasteiger partial charge in [-0.2, -0.15) is 0 Å². The zero-order valence-electron chi connectivity index (χ0n) is 38.4. The van der Waals surface area contributed by atoms with E-state index in [2.05, 4.69) is 271 Å². The second kappa shape index (κ2) is 16.9. The van der Waals surface area contributed by atoms with E-state index in [1.165, 1.54) is 104 Å². The van der Waals surface area contributed by atoms with Gasteiger partial charge in [0.2, 0.25) is 0 Å². The van der Waals surface area contributed by atoms with Crippen molar-refractivity contribution in [3.8, 4) is 39.1 Å². The number of hydrogen-bond donors (Lipinski definition) is 0. The second-order valence-corrected chi connectivity index (χ2v) is 18.5. The van der Waals surface area contributed by atoms with Crippen molar-refractivity contribution in [3.05, 3.63) is 266 Å². The molecular weight excluding hydrogens is 833 g/mol. The Morgan fingerprint density at radius 2 is 1.00 bits per heavy atom. The molecule has 13 rings (SSSR count). The van der Waals surface area contributed by atoms with Crippen molar-refractivity contribution >= 4 is 71.1 Å². The zero-order chi connectivity index (χ0) is 45.8. The van der Waals surface area contributed by atoms with Crippen molar-refractivity contribution in [2.45, 2.75) is 13.3 Å². The van der Waals surface area contributed by atoms with Crippen molar-refractivity contribution in [1.82, 2.24) is 4.57 Å². The highest BCUT2D eigenvalue weighted by molar-refractivity contribution is 6.14. The van der Waals surface area contributed by atoms with Crippen molar-refractivity contribution < 1.29 is 0 Å². The highest BCUT2D eigenvalue weighted by Gasteiger charge is 2.28. The summed E-state index contributed by atoms with van der Waals surface area (Å²) in [7, 11) is 0. The molecule has 2 heteroatoms. The summed E-state index contributed by atoms with van der Waals surface area (Å²) in [6.45, 7) is 2.35. The summed E-state index contributed by atoms with van der Waals surface area (Å²) in [5.41, 5.74) is 16.8. The van der Waals surface area contributed by atoms with Crippen LogP contribution in [-0.2, 0) is 0 Å². The molecule has 326 valence electrons. The molecule has 12 aromatic rings. The predicted molar refractivity (Wildman–Crippen MR) is 294 cm³/mol. The van der Waals surface area contributed by atoms with Crippen molar-refractivity contribution in [2.75, 3.05) is 4.90 Å². The van der Waals surface area contributed by atoms with Crippen molar-refractivity contribution in [3.63, 3.8) is 0 Å². The average Bonchev–Trinajstić information content (AvgIpc) is 3.76. The molecule has 2 nitrogen and oxygen atoms in total. The summed E-state index contributed by atoms with van der Waals surface area (Å²) in [4.78, 5) is 2.55. The second-order valence-electron chi connectivity index (χ2n) is 18.5. The number of benzene rings is 11. The third-order valence-corrected chi connectivity index (χ3v) is 14.3. The quantitative estimate of drug-likeness (QED) is 0.138. The number of aromatic nitrogens is 1. The fraction of sp³-hybridized carbons (Fsp3) is 0.0448. The van der Waals surface area contributed by atoms with Crippen LogP contribution in [0.2, 0.25) is 0 Å². The van der Waals surface area contributed by atoms with Gasteiger partial charge in [0.05, 0.1) is 16.7 Å². The highest BCUT2D eigenvalue weighted by atomic mass is 15.2. The fourth-order valence-corrected chi connectivity index (χ4v) is 11.2. The van der Waals surface area contributed by atoms with Crippen LogP contribution >= 0.6 is 0 Å². The molecule has 1 aliphatic rings. The Hall–Kier alpha value is -8.72. The first-order chi connectivity index (χ1) is 34.2. The topological polar surface area (TPSA) is 8.17 Å². The molecule has 0 N–H and O–H groups in total. The van der Waals surface area contributed by atoms with Crippen LogP contribution in [-0.4, -0.2) is 4.57 Å². The van der Waals surface area contributed by atoms with Gasteiger partial charge in [-0.05, 0) is 121 Å². The first-order valence-corrected chi connectivity index (χ1v) is 24.1. The maximum absolute atomic E-state index is 2.55. The van der Waals surface area contributed by atoms with Crippen LogP contribution < -0.4 is 4.90 Å². The third-order valence-electron chi connectivity index (χ3n) is 14.3. The van der Waals surface area contributed by atoms with Gasteiger partial charge in [0.25, 0.3) is 0 Å². The minimum atomic E-state index is 0.335. The van der Waals surface area contributed by atoms with Gasteiger partial charge >= 0.3 is 0 Å². The van der Waals surface area contributed by atoms with Gasteiger partial charge in [0.1, 0.15) is 0 Å². The van der Waals surface area contributed by atoms with Crippen LogP contribution in [0, 0.1) is 5.92 Å². The molecule has 69 heavy (non-hydrogen) atoms. The minimum Gasteiger partial charge on any atom is -0.310 e. The lowest BCUT2D eigenvalue weighted by molar-refractivity contribution is 0.742. The average molecular weight is 881 g/mol. The Bertz CT molecular complexity index is 3980. The minimum absolute atomic E-state index is 0.335. The molecule has 0 saturated carbocycles.